The monoisotopic (exact) mass is 361 g/mol. The van der Waals surface area contributed by atoms with Crippen LogP contribution < -0.4 is 10.1 Å². The van der Waals surface area contributed by atoms with E-state index in [0.717, 1.165) is 22.4 Å². The fourth-order valence-corrected chi connectivity index (χ4v) is 2.40. The zero-order valence-electron chi connectivity index (χ0n) is 12.8. The number of nitrogens with one attached hydrogen (secondary N) is 1. The van der Waals surface area contributed by atoms with Gasteiger partial charge in [-0.2, -0.15) is 0 Å². The van der Waals surface area contributed by atoms with Gasteiger partial charge in [0.25, 0.3) is 0 Å². The molecule has 0 spiro atoms. The van der Waals surface area contributed by atoms with Crippen LogP contribution in [0.2, 0.25) is 0 Å². The van der Waals surface area contributed by atoms with Crippen LogP contribution in [-0.2, 0) is 4.79 Å². The van der Waals surface area contributed by atoms with Gasteiger partial charge in [-0.3, -0.25) is 4.79 Å². The number of hydrogen-bond acceptors (Lipinski definition) is 2. The highest BCUT2D eigenvalue weighted by Gasteiger charge is 2.06. The molecule has 0 saturated heterocycles. The van der Waals surface area contributed by atoms with Crippen molar-refractivity contribution in [2.45, 2.75) is 26.2 Å². The second-order valence-corrected chi connectivity index (χ2v) is 6.21. The van der Waals surface area contributed by atoms with Crippen molar-refractivity contribution in [2.75, 3.05) is 6.54 Å². The van der Waals surface area contributed by atoms with Crippen molar-refractivity contribution >= 4 is 21.8 Å². The van der Waals surface area contributed by atoms with Crippen molar-refractivity contribution in [3.8, 4) is 11.5 Å². The van der Waals surface area contributed by atoms with Gasteiger partial charge in [-0.25, -0.2) is 0 Å². The number of ether oxygens (including phenoxy) is 1. The fourth-order valence-electron chi connectivity index (χ4n) is 2.13. The topological polar surface area (TPSA) is 38.3 Å². The fraction of sp³-hybridized carbons (Fsp3) is 0.278. The Morgan fingerprint density at radius 3 is 2.18 bits per heavy atom. The van der Waals surface area contributed by atoms with Crippen LogP contribution in [0.15, 0.2) is 53.0 Å². The molecular weight excluding hydrogens is 342 g/mol. The SMILES string of the molecule is CC(=O)NCCC(C)c1ccc(Oc2ccc(Br)cc2)cc1. The van der Waals surface area contributed by atoms with E-state index in [0.29, 0.717) is 12.5 Å². The molecule has 0 bridgehead atoms. The lowest BCUT2D eigenvalue weighted by Gasteiger charge is -2.13. The summed E-state index contributed by atoms with van der Waals surface area (Å²) in [5, 5.41) is 2.83. The Bertz CT molecular complexity index is 608. The standard InChI is InChI=1S/C18H20BrNO2/c1-13(11-12-20-14(2)21)15-3-7-17(8-4-15)22-18-9-5-16(19)6-10-18/h3-10,13H,11-12H2,1-2H3,(H,20,21). The van der Waals surface area contributed by atoms with Crippen LogP contribution in [0.4, 0.5) is 0 Å². The maximum absolute atomic E-state index is 10.9. The zero-order valence-corrected chi connectivity index (χ0v) is 14.4. The third-order valence-corrected chi connectivity index (χ3v) is 3.98. The lowest BCUT2D eigenvalue weighted by molar-refractivity contribution is -0.118. The molecule has 1 atom stereocenters. The first-order chi connectivity index (χ1) is 10.5. The number of carbonyl (C=O) groups is 1. The molecule has 2 aromatic rings. The molecule has 22 heavy (non-hydrogen) atoms. The minimum atomic E-state index is 0.0189. The van der Waals surface area contributed by atoms with E-state index in [1.54, 1.807) is 6.92 Å². The van der Waals surface area contributed by atoms with Crippen molar-refractivity contribution < 1.29 is 9.53 Å². The molecule has 0 radical (unpaired) electrons. The van der Waals surface area contributed by atoms with Crippen molar-refractivity contribution in [3.63, 3.8) is 0 Å². The summed E-state index contributed by atoms with van der Waals surface area (Å²) >= 11 is 3.40. The lowest BCUT2D eigenvalue weighted by Crippen LogP contribution is -2.22. The van der Waals surface area contributed by atoms with Gasteiger partial charge in [0, 0.05) is 17.9 Å². The van der Waals surface area contributed by atoms with Crippen LogP contribution in [0.1, 0.15) is 31.7 Å². The average Bonchev–Trinajstić information content (AvgIpc) is 2.50. The van der Waals surface area contributed by atoms with Gasteiger partial charge in [-0.05, 0) is 54.3 Å². The summed E-state index contributed by atoms with van der Waals surface area (Å²) in [6, 6.07) is 15.9. The van der Waals surface area contributed by atoms with E-state index in [9.17, 15) is 4.79 Å². The number of hydrogen-bond donors (Lipinski definition) is 1. The smallest absolute Gasteiger partial charge is 0.216 e. The predicted octanol–water partition coefficient (Wildman–Crippen LogP) is 4.87. The summed E-state index contributed by atoms with van der Waals surface area (Å²) in [5.41, 5.74) is 1.24. The molecule has 0 saturated carbocycles. The Morgan fingerprint density at radius 1 is 1.09 bits per heavy atom. The third-order valence-electron chi connectivity index (χ3n) is 3.45. The Kier molecular flexibility index (Phi) is 6.01. The predicted molar refractivity (Wildman–Crippen MR) is 92.4 cm³/mol. The first-order valence-corrected chi connectivity index (χ1v) is 8.11. The van der Waals surface area contributed by atoms with Crippen molar-refractivity contribution in [2.24, 2.45) is 0 Å². The summed E-state index contributed by atoms with van der Waals surface area (Å²) in [5.74, 6) is 2.05. The third kappa shape index (κ3) is 5.19. The van der Waals surface area contributed by atoms with Crippen LogP contribution in [0.5, 0.6) is 11.5 Å². The number of rotatable bonds is 6. The average molecular weight is 362 g/mol. The van der Waals surface area contributed by atoms with Crippen molar-refractivity contribution in [1.29, 1.82) is 0 Å². The van der Waals surface area contributed by atoms with Gasteiger partial charge in [-0.1, -0.05) is 35.0 Å². The maximum atomic E-state index is 10.9. The molecule has 0 heterocycles. The minimum Gasteiger partial charge on any atom is -0.457 e. The summed E-state index contributed by atoms with van der Waals surface area (Å²) in [7, 11) is 0. The molecule has 2 aromatic carbocycles. The maximum Gasteiger partial charge on any atom is 0.216 e. The second kappa shape index (κ2) is 7.99. The molecule has 0 fully saturated rings. The van der Waals surface area contributed by atoms with Gasteiger partial charge in [-0.15, -0.1) is 0 Å². The van der Waals surface area contributed by atoms with Crippen molar-refractivity contribution in [3.05, 3.63) is 58.6 Å². The Labute approximate surface area is 139 Å². The first-order valence-electron chi connectivity index (χ1n) is 7.32. The molecule has 2 rings (SSSR count). The number of carbonyl (C=O) groups excluding carboxylic acids is 1. The number of benzene rings is 2. The largest absolute Gasteiger partial charge is 0.457 e. The van der Waals surface area contributed by atoms with Crippen LogP contribution in [-0.4, -0.2) is 12.5 Å². The van der Waals surface area contributed by atoms with E-state index in [1.807, 2.05) is 36.4 Å². The Hall–Kier alpha value is -1.81. The molecule has 0 aliphatic heterocycles. The molecule has 4 heteroatoms. The molecular formula is C18H20BrNO2. The zero-order chi connectivity index (χ0) is 15.9. The summed E-state index contributed by atoms with van der Waals surface area (Å²) in [4.78, 5) is 10.9. The van der Waals surface area contributed by atoms with E-state index in [2.05, 4.69) is 40.3 Å². The summed E-state index contributed by atoms with van der Waals surface area (Å²) < 4.78 is 6.83. The van der Waals surface area contributed by atoms with Gasteiger partial charge >= 0.3 is 0 Å². The van der Waals surface area contributed by atoms with Gasteiger partial charge in [0.1, 0.15) is 11.5 Å². The molecule has 0 aromatic heterocycles. The lowest BCUT2D eigenvalue weighted by atomic mass is 9.98. The summed E-state index contributed by atoms with van der Waals surface area (Å²) in [6.07, 6.45) is 0.923. The molecule has 3 nitrogen and oxygen atoms in total. The number of amides is 1. The van der Waals surface area contributed by atoms with Gasteiger partial charge in [0.2, 0.25) is 5.91 Å². The molecule has 1 N–H and O–H groups in total. The Balaban J connectivity index is 1.92. The molecule has 1 unspecified atom stereocenters. The highest BCUT2D eigenvalue weighted by atomic mass is 79.9. The van der Waals surface area contributed by atoms with E-state index in [1.165, 1.54) is 5.56 Å². The first kappa shape index (κ1) is 16.6. The minimum absolute atomic E-state index is 0.0189. The van der Waals surface area contributed by atoms with Gasteiger partial charge in [0.15, 0.2) is 0 Å². The second-order valence-electron chi connectivity index (χ2n) is 5.30. The van der Waals surface area contributed by atoms with Gasteiger partial charge in [0.05, 0.1) is 0 Å². The normalized spacial score (nSPS) is 11.8. The van der Waals surface area contributed by atoms with Crippen LogP contribution in [0.25, 0.3) is 0 Å². The Morgan fingerprint density at radius 2 is 1.64 bits per heavy atom. The highest BCUT2D eigenvalue weighted by Crippen LogP contribution is 2.26. The van der Waals surface area contributed by atoms with E-state index < -0.39 is 0 Å². The quantitative estimate of drug-likeness (QED) is 0.796. The van der Waals surface area contributed by atoms with Crippen LogP contribution in [0, 0.1) is 0 Å². The molecule has 1 amide bonds. The molecule has 0 aliphatic rings. The summed E-state index contributed by atoms with van der Waals surface area (Å²) in [6.45, 7) is 4.40. The molecule has 0 aliphatic carbocycles. The number of halogens is 1. The van der Waals surface area contributed by atoms with Crippen LogP contribution >= 0.6 is 15.9 Å². The van der Waals surface area contributed by atoms with E-state index in [4.69, 9.17) is 4.74 Å². The molecule has 116 valence electrons. The van der Waals surface area contributed by atoms with Crippen LogP contribution in [0.3, 0.4) is 0 Å². The van der Waals surface area contributed by atoms with Crippen molar-refractivity contribution in [1.82, 2.24) is 5.32 Å². The highest BCUT2D eigenvalue weighted by molar-refractivity contribution is 9.10. The van der Waals surface area contributed by atoms with E-state index in [-0.39, 0.29) is 5.91 Å². The van der Waals surface area contributed by atoms with E-state index >= 15 is 0 Å². The van der Waals surface area contributed by atoms with Gasteiger partial charge < -0.3 is 10.1 Å².